The summed E-state index contributed by atoms with van der Waals surface area (Å²) < 4.78 is 4.92. The van der Waals surface area contributed by atoms with Gasteiger partial charge in [-0.05, 0) is 27.4 Å². The highest BCUT2D eigenvalue weighted by Gasteiger charge is 2.27. The summed E-state index contributed by atoms with van der Waals surface area (Å²) in [5, 5.41) is 0. The van der Waals surface area contributed by atoms with Crippen molar-refractivity contribution in [3.05, 3.63) is 0 Å². The molecule has 0 aromatic rings. The summed E-state index contributed by atoms with van der Waals surface area (Å²) in [5.74, 6) is 0. The summed E-state index contributed by atoms with van der Waals surface area (Å²) in [6.45, 7) is 3.91. The van der Waals surface area contributed by atoms with E-state index in [1.807, 2.05) is 21.0 Å². The Morgan fingerprint density at radius 3 is 2.77 bits per heavy atom. The molecule has 4 heteroatoms. The van der Waals surface area contributed by atoms with Crippen LogP contribution in [0.5, 0.6) is 0 Å². The second kappa shape index (κ2) is 4.46. The van der Waals surface area contributed by atoms with Crippen molar-refractivity contribution in [1.29, 1.82) is 0 Å². The van der Waals surface area contributed by atoms with Crippen molar-refractivity contribution in [1.82, 2.24) is 9.80 Å². The largest absolute Gasteiger partial charge is 0.450 e. The van der Waals surface area contributed by atoms with E-state index in [0.29, 0.717) is 12.6 Å². The lowest BCUT2D eigenvalue weighted by molar-refractivity contribution is 0.113. The number of amides is 1. The summed E-state index contributed by atoms with van der Waals surface area (Å²) >= 11 is 0. The molecule has 1 rings (SSSR count). The van der Waals surface area contributed by atoms with Gasteiger partial charge in [-0.15, -0.1) is 0 Å². The minimum atomic E-state index is -0.174. The Kier molecular flexibility index (Phi) is 3.54. The Labute approximate surface area is 79.4 Å². The molecule has 0 aromatic heterocycles. The molecule has 76 valence electrons. The van der Waals surface area contributed by atoms with Gasteiger partial charge < -0.3 is 14.5 Å². The molecule has 1 aliphatic rings. The van der Waals surface area contributed by atoms with E-state index in [4.69, 9.17) is 4.74 Å². The van der Waals surface area contributed by atoms with E-state index in [-0.39, 0.29) is 6.09 Å². The van der Waals surface area contributed by atoms with Gasteiger partial charge in [0.25, 0.3) is 0 Å². The van der Waals surface area contributed by atoms with E-state index in [0.717, 1.165) is 19.5 Å². The molecule has 1 aliphatic heterocycles. The molecule has 0 radical (unpaired) electrons. The van der Waals surface area contributed by atoms with Gasteiger partial charge in [0.15, 0.2) is 0 Å². The zero-order valence-corrected chi connectivity index (χ0v) is 8.62. The van der Waals surface area contributed by atoms with Crippen LogP contribution in [0.2, 0.25) is 0 Å². The first kappa shape index (κ1) is 10.3. The zero-order valence-electron chi connectivity index (χ0n) is 8.62. The van der Waals surface area contributed by atoms with Gasteiger partial charge in [-0.2, -0.15) is 0 Å². The Morgan fingerprint density at radius 2 is 2.31 bits per heavy atom. The summed E-state index contributed by atoms with van der Waals surface area (Å²) in [5.41, 5.74) is 0. The van der Waals surface area contributed by atoms with Crippen LogP contribution in [0.25, 0.3) is 0 Å². The Balaban J connectivity index is 2.36. The van der Waals surface area contributed by atoms with Crippen LogP contribution in [-0.4, -0.2) is 55.7 Å². The van der Waals surface area contributed by atoms with Crippen LogP contribution in [-0.2, 0) is 4.74 Å². The van der Waals surface area contributed by atoms with Crippen molar-refractivity contribution in [3.63, 3.8) is 0 Å². The van der Waals surface area contributed by atoms with Crippen LogP contribution < -0.4 is 0 Å². The van der Waals surface area contributed by atoms with E-state index in [2.05, 4.69) is 4.90 Å². The van der Waals surface area contributed by atoms with Crippen LogP contribution >= 0.6 is 0 Å². The molecule has 1 amide bonds. The molecule has 1 fully saturated rings. The number of ether oxygens (including phenoxy) is 1. The maximum atomic E-state index is 11.3. The van der Waals surface area contributed by atoms with E-state index in [1.165, 1.54) is 0 Å². The predicted molar refractivity (Wildman–Crippen MR) is 50.7 cm³/mol. The third-order valence-corrected chi connectivity index (χ3v) is 2.42. The maximum Gasteiger partial charge on any atom is 0.409 e. The van der Waals surface area contributed by atoms with Crippen molar-refractivity contribution >= 4 is 6.09 Å². The molecule has 4 nitrogen and oxygen atoms in total. The number of nitrogens with zero attached hydrogens (tertiary/aromatic N) is 2. The Hall–Kier alpha value is -0.770. The topological polar surface area (TPSA) is 32.8 Å². The highest BCUT2D eigenvalue weighted by atomic mass is 16.6. The van der Waals surface area contributed by atoms with Gasteiger partial charge in [0.2, 0.25) is 0 Å². The minimum Gasteiger partial charge on any atom is -0.450 e. The normalized spacial score (nSPS) is 22.5. The zero-order chi connectivity index (χ0) is 9.84. The fourth-order valence-electron chi connectivity index (χ4n) is 1.54. The lowest BCUT2D eigenvalue weighted by Crippen LogP contribution is -2.34. The monoisotopic (exact) mass is 186 g/mol. The number of likely N-dealkylation sites (tertiary alicyclic amines) is 1. The van der Waals surface area contributed by atoms with Crippen LogP contribution in [0.4, 0.5) is 4.79 Å². The summed E-state index contributed by atoms with van der Waals surface area (Å²) in [7, 11) is 4.08. The molecular formula is C9H18N2O2. The quantitative estimate of drug-likeness (QED) is 0.639. The molecule has 0 spiro atoms. The van der Waals surface area contributed by atoms with Gasteiger partial charge in [0, 0.05) is 19.1 Å². The van der Waals surface area contributed by atoms with E-state index >= 15 is 0 Å². The van der Waals surface area contributed by atoms with Gasteiger partial charge in [0.1, 0.15) is 0 Å². The summed E-state index contributed by atoms with van der Waals surface area (Å²) in [6.07, 6.45) is 0.873. The summed E-state index contributed by atoms with van der Waals surface area (Å²) in [4.78, 5) is 15.2. The molecule has 0 aromatic carbocycles. The van der Waals surface area contributed by atoms with Gasteiger partial charge in [-0.25, -0.2) is 4.79 Å². The molecule has 1 saturated heterocycles. The van der Waals surface area contributed by atoms with E-state index < -0.39 is 0 Å². The van der Waals surface area contributed by atoms with Crippen molar-refractivity contribution in [2.75, 3.05) is 33.8 Å². The lowest BCUT2D eigenvalue weighted by atomic mass is 10.2. The molecule has 0 saturated carbocycles. The average molecular weight is 186 g/mol. The fraction of sp³-hybridized carbons (Fsp3) is 0.889. The molecule has 0 aliphatic carbocycles. The molecule has 0 N–H and O–H groups in total. The number of carbonyl (C=O) groups excluding carboxylic acids is 1. The number of hydrogen-bond donors (Lipinski definition) is 0. The number of likely N-dealkylation sites (N-methyl/N-ethyl adjacent to an activating group) is 1. The second-order valence-electron chi connectivity index (χ2n) is 3.55. The second-order valence-corrected chi connectivity index (χ2v) is 3.55. The molecule has 1 atom stereocenters. The molecular weight excluding hydrogens is 168 g/mol. The first-order valence-electron chi connectivity index (χ1n) is 4.73. The van der Waals surface area contributed by atoms with Crippen LogP contribution in [0.15, 0.2) is 0 Å². The smallest absolute Gasteiger partial charge is 0.409 e. The molecule has 13 heavy (non-hydrogen) atoms. The van der Waals surface area contributed by atoms with E-state index in [9.17, 15) is 4.79 Å². The SMILES string of the molecule is CCOC(=O)N1CCC(N(C)C)C1. The first-order chi connectivity index (χ1) is 6.15. The Bertz CT molecular complexity index is 182. The number of carbonyl (C=O) groups is 1. The first-order valence-corrected chi connectivity index (χ1v) is 4.73. The van der Waals surface area contributed by atoms with Gasteiger partial charge in [-0.3, -0.25) is 0 Å². The van der Waals surface area contributed by atoms with Crippen molar-refractivity contribution in [2.45, 2.75) is 19.4 Å². The van der Waals surface area contributed by atoms with Crippen LogP contribution in [0, 0.1) is 0 Å². The van der Waals surface area contributed by atoms with E-state index in [1.54, 1.807) is 4.90 Å². The van der Waals surface area contributed by atoms with Gasteiger partial charge in [0.05, 0.1) is 6.61 Å². The van der Waals surface area contributed by atoms with Crippen molar-refractivity contribution < 1.29 is 9.53 Å². The third kappa shape index (κ3) is 2.59. The lowest BCUT2D eigenvalue weighted by Gasteiger charge is -2.19. The Morgan fingerprint density at radius 1 is 1.62 bits per heavy atom. The fourth-order valence-corrected chi connectivity index (χ4v) is 1.54. The van der Waals surface area contributed by atoms with Crippen molar-refractivity contribution in [3.8, 4) is 0 Å². The molecule has 0 bridgehead atoms. The van der Waals surface area contributed by atoms with Gasteiger partial charge in [-0.1, -0.05) is 0 Å². The number of rotatable bonds is 2. The number of hydrogen-bond acceptors (Lipinski definition) is 3. The highest BCUT2D eigenvalue weighted by molar-refractivity contribution is 5.68. The average Bonchev–Trinajstić information content (AvgIpc) is 2.52. The summed E-state index contributed by atoms with van der Waals surface area (Å²) in [6, 6.07) is 0.490. The van der Waals surface area contributed by atoms with Crippen LogP contribution in [0.3, 0.4) is 0 Å². The predicted octanol–water partition coefficient (Wildman–Crippen LogP) is 0.779. The highest BCUT2D eigenvalue weighted by Crippen LogP contribution is 2.13. The van der Waals surface area contributed by atoms with Crippen LogP contribution in [0.1, 0.15) is 13.3 Å². The minimum absolute atomic E-state index is 0.174. The molecule has 1 unspecified atom stereocenters. The standard InChI is InChI=1S/C9H18N2O2/c1-4-13-9(12)11-6-5-8(7-11)10(2)3/h8H,4-7H2,1-3H3. The third-order valence-electron chi connectivity index (χ3n) is 2.42. The van der Waals surface area contributed by atoms with Crippen molar-refractivity contribution in [2.24, 2.45) is 0 Å². The maximum absolute atomic E-state index is 11.3. The molecule has 1 heterocycles. The van der Waals surface area contributed by atoms with Gasteiger partial charge >= 0.3 is 6.09 Å².